The maximum absolute atomic E-state index is 9.25. The van der Waals surface area contributed by atoms with Crippen molar-refractivity contribution < 1.29 is 19.8 Å². The SMILES string of the molecule is C=CC(=O)O.C=CC(=O)O.N.N. The molecule has 0 fully saturated rings. The minimum Gasteiger partial charge on any atom is -0.478 e. The summed E-state index contributed by atoms with van der Waals surface area (Å²) >= 11 is 0. The first-order valence-electron chi connectivity index (χ1n) is 2.25. The molecule has 0 aromatic rings. The number of rotatable bonds is 2. The molecule has 0 radical (unpaired) electrons. The maximum Gasteiger partial charge on any atom is 0.327 e. The molecule has 0 heterocycles. The molecule has 0 unspecified atom stereocenters. The van der Waals surface area contributed by atoms with Gasteiger partial charge in [0, 0.05) is 12.2 Å². The van der Waals surface area contributed by atoms with Crippen LogP contribution in [-0.4, -0.2) is 22.2 Å². The summed E-state index contributed by atoms with van der Waals surface area (Å²) in [6.45, 7) is 5.92. The van der Waals surface area contributed by atoms with Crippen molar-refractivity contribution in [1.82, 2.24) is 12.3 Å². The Hall–Kier alpha value is -1.66. The average molecular weight is 178 g/mol. The molecule has 0 spiro atoms. The summed E-state index contributed by atoms with van der Waals surface area (Å²) in [7, 11) is 0. The van der Waals surface area contributed by atoms with Crippen molar-refractivity contribution in [1.29, 1.82) is 0 Å². The van der Waals surface area contributed by atoms with E-state index >= 15 is 0 Å². The molecule has 0 aliphatic rings. The lowest BCUT2D eigenvalue weighted by Crippen LogP contribution is -1.82. The zero-order chi connectivity index (χ0) is 8.57. The van der Waals surface area contributed by atoms with Crippen LogP contribution in [0.15, 0.2) is 25.3 Å². The van der Waals surface area contributed by atoms with Crippen molar-refractivity contribution in [2.45, 2.75) is 0 Å². The van der Waals surface area contributed by atoms with Gasteiger partial charge in [-0.1, -0.05) is 13.2 Å². The molecule has 0 amide bonds. The highest BCUT2D eigenvalue weighted by Gasteiger charge is 1.73. The van der Waals surface area contributed by atoms with Crippen LogP contribution in [-0.2, 0) is 9.59 Å². The second-order valence-corrected chi connectivity index (χ2v) is 1.08. The second-order valence-electron chi connectivity index (χ2n) is 1.08. The Balaban J connectivity index is -0.0000000457. The van der Waals surface area contributed by atoms with Gasteiger partial charge in [0.1, 0.15) is 0 Å². The first kappa shape index (κ1) is 22.4. The fourth-order valence-corrected chi connectivity index (χ4v) is 0. The van der Waals surface area contributed by atoms with Gasteiger partial charge >= 0.3 is 11.9 Å². The second kappa shape index (κ2) is 16.2. The smallest absolute Gasteiger partial charge is 0.327 e. The third-order valence-electron chi connectivity index (χ3n) is 0.349. The van der Waals surface area contributed by atoms with Crippen LogP contribution in [0.4, 0.5) is 0 Å². The molecule has 0 aliphatic heterocycles. The Bertz CT molecular complexity index is 138. The van der Waals surface area contributed by atoms with Crippen LogP contribution in [0.25, 0.3) is 0 Å². The predicted molar refractivity (Wildman–Crippen MR) is 45.7 cm³/mol. The zero-order valence-electron chi connectivity index (χ0n) is 6.69. The van der Waals surface area contributed by atoms with Gasteiger partial charge in [-0.3, -0.25) is 0 Å². The largest absolute Gasteiger partial charge is 0.478 e. The van der Waals surface area contributed by atoms with Gasteiger partial charge in [-0.15, -0.1) is 0 Å². The minimum atomic E-state index is -0.981. The molecule has 0 bridgehead atoms. The van der Waals surface area contributed by atoms with E-state index in [2.05, 4.69) is 13.2 Å². The van der Waals surface area contributed by atoms with Crippen molar-refractivity contribution in [2.24, 2.45) is 0 Å². The van der Waals surface area contributed by atoms with Crippen molar-refractivity contribution in [2.75, 3.05) is 0 Å². The van der Waals surface area contributed by atoms with Gasteiger partial charge in [0.25, 0.3) is 0 Å². The lowest BCUT2D eigenvalue weighted by molar-refractivity contribution is -0.132. The molecule has 0 rings (SSSR count). The topological polar surface area (TPSA) is 145 Å². The van der Waals surface area contributed by atoms with Crippen LogP contribution in [0.1, 0.15) is 0 Å². The van der Waals surface area contributed by atoms with Gasteiger partial charge in [0.15, 0.2) is 0 Å². The lowest BCUT2D eigenvalue weighted by atomic mass is 10.7. The van der Waals surface area contributed by atoms with Crippen LogP contribution in [0, 0.1) is 0 Å². The van der Waals surface area contributed by atoms with E-state index in [4.69, 9.17) is 10.2 Å². The molecule has 8 N–H and O–H groups in total. The number of carboxylic acid groups (broad SMARTS) is 2. The molecule has 6 nitrogen and oxygen atoms in total. The predicted octanol–water partition coefficient (Wildman–Crippen LogP) is 0.838. The van der Waals surface area contributed by atoms with Crippen molar-refractivity contribution in [3.05, 3.63) is 25.3 Å². The monoisotopic (exact) mass is 178 g/mol. The Labute approximate surface area is 70.4 Å². The van der Waals surface area contributed by atoms with Gasteiger partial charge < -0.3 is 22.5 Å². The van der Waals surface area contributed by atoms with E-state index in [-0.39, 0.29) is 12.3 Å². The summed E-state index contributed by atoms with van der Waals surface area (Å²) in [4.78, 5) is 18.5. The molecule has 12 heavy (non-hydrogen) atoms. The standard InChI is InChI=1S/2C3H4O2.2H3N/c2*1-2-3(4)5;;/h2*2H,1H2,(H,4,5);2*1H3. The number of carboxylic acids is 2. The summed E-state index contributed by atoms with van der Waals surface area (Å²) in [6, 6.07) is 0. The van der Waals surface area contributed by atoms with E-state index in [0.29, 0.717) is 0 Å². The first-order valence-corrected chi connectivity index (χ1v) is 2.25. The maximum atomic E-state index is 9.25. The molecular formula is C6H14N2O4. The number of hydrogen-bond acceptors (Lipinski definition) is 4. The molecule has 6 heteroatoms. The molecule has 0 saturated carbocycles. The quantitative estimate of drug-likeness (QED) is 0.461. The third-order valence-corrected chi connectivity index (χ3v) is 0.349. The van der Waals surface area contributed by atoms with Crippen LogP contribution in [0.2, 0.25) is 0 Å². The van der Waals surface area contributed by atoms with E-state index in [9.17, 15) is 9.59 Å². The Kier molecular flexibility index (Phi) is 30.2. The van der Waals surface area contributed by atoms with Gasteiger partial charge in [-0.25, -0.2) is 9.59 Å². The molecule has 0 aromatic heterocycles. The van der Waals surface area contributed by atoms with E-state index in [1.54, 1.807) is 0 Å². The molecule has 0 saturated heterocycles. The Morgan fingerprint density at radius 3 is 1.00 bits per heavy atom. The van der Waals surface area contributed by atoms with Crippen LogP contribution >= 0.6 is 0 Å². The molecule has 0 atom stereocenters. The minimum absolute atomic E-state index is 0. The van der Waals surface area contributed by atoms with Crippen molar-refractivity contribution >= 4 is 11.9 Å². The Morgan fingerprint density at radius 2 is 1.00 bits per heavy atom. The summed E-state index contributed by atoms with van der Waals surface area (Å²) in [5.41, 5.74) is 0. The van der Waals surface area contributed by atoms with Crippen LogP contribution < -0.4 is 12.3 Å². The first-order chi connectivity index (χ1) is 4.54. The number of hydrogen-bond donors (Lipinski definition) is 4. The van der Waals surface area contributed by atoms with Crippen molar-refractivity contribution in [3.8, 4) is 0 Å². The lowest BCUT2D eigenvalue weighted by Gasteiger charge is -1.64. The van der Waals surface area contributed by atoms with Crippen LogP contribution in [0.3, 0.4) is 0 Å². The van der Waals surface area contributed by atoms with Gasteiger partial charge in [-0.2, -0.15) is 0 Å². The fourth-order valence-electron chi connectivity index (χ4n) is 0. The average Bonchev–Trinajstić information content (AvgIpc) is 1.89. The van der Waals surface area contributed by atoms with Gasteiger partial charge in [0.2, 0.25) is 0 Å². The van der Waals surface area contributed by atoms with E-state index < -0.39 is 11.9 Å². The highest BCUT2D eigenvalue weighted by Crippen LogP contribution is 1.55. The van der Waals surface area contributed by atoms with Crippen molar-refractivity contribution in [3.63, 3.8) is 0 Å². The third kappa shape index (κ3) is 82.1. The summed E-state index contributed by atoms with van der Waals surface area (Å²) < 4.78 is 0. The fraction of sp³-hybridized carbons (Fsp3) is 0. The highest BCUT2D eigenvalue weighted by molar-refractivity contribution is 5.79. The zero-order valence-corrected chi connectivity index (χ0v) is 6.69. The Morgan fingerprint density at radius 1 is 0.917 bits per heavy atom. The molecule has 0 aromatic carbocycles. The van der Waals surface area contributed by atoms with Gasteiger partial charge in [0.05, 0.1) is 0 Å². The molecule has 72 valence electrons. The van der Waals surface area contributed by atoms with Crippen LogP contribution in [0.5, 0.6) is 0 Å². The normalized spacial score (nSPS) is 5.33. The number of carbonyl (C=O) groups is 2. The summed E-state index contributed by atoms with van der Waals surface area (Å²) in [6.07, 6.45) is 1.67. The number of aliphatic carboxylic acids is 2. The van der Waals surface area contributed by atoms with E-state index in [0.717, 1.165) is 12.2 Å². The molecular weight excluding hydrogens is 164 g/mol. The molecule has 0 aliphatic carbocycles. The van der Waals surface area contributed by atoms with E-state index in [1.807, 2.05) is 0 Å². The highest BCUT2D eigenvalue weighted by atomic mass is 16.4. The van der Waals surface area contributed by atoms with Gasteiger partial charge in [-0.05, 0) is 0 Å². The van der Waals surface area contributed by atoms with E-state index in [1.165, 1.54) is 0 Å². The summed E-state index contributed by atoms with van der Waals surface area (Å²) in [5.74, 6) is -1.96. The summed E-state index contributed by atoms with van der Waals surface area (Å²) in [5, 5.41) is 15.2.